The third-order valence-corrected chi connectivity index (χ3v) is 5.29. The second kappa shape index (κ2) is 4.34. The number of rotatable bonds is 2. The summed E-state index contributed by atoms with van der Waals surface area (Å²) in [6.45, 7) is 1.94. The number of carbonyl (C=O) groups is 1. The Hall–Kier alpha value is -1.81. The zero-order chi connectivity index (χ0) is 14.6. The topological polar surface area (TPSA) is 38.8 Å². The molecule has 0 spiro atoms. The van der Waals surface area contributed by atoms with Crippen LogP contribution in [0, 0.1) is 0 Å². The molecule has 3 atom stereocenters. The van der Waals surface area contributed by atoms with Crippen molar-refractivity contribution in [2.75, 3.05) is 20.8 Å². The highest BCUT2D eigenvalue weighted by atomic mass is 16.5. The van der Waals surface area contributed by atoms with Gasteiger partial charge in [-0.15, -0.1) is 0 Å². The Balaban J connectivity index is 1.93. The molecule has 3 aliphatic rings. The van der Waals surface area contributed by atoms with Crippen molar-refractivity contribution >= 4 is 5.78 Å². The van der Waals surface area contributed by atoms with Gasteiger partial charge < -0.3 is 9.47 Å². The number of carbonyl (C=O) groups excluding carboxylic acids is 1. The van der Waals surface area contributed by atoms with Crippen LogP contribution in [0.4, 0.5) is 0 Å². The van der Waals surface area contributed by atoms with E-state index in [0.717, 1.165) is 31.0 Å². The van der Waals surface area contributed by atoms with Crippen molar-refractivity contribution in [3.8, 4) is 11.5 Å². The normalized spacial score (nSPS) is 32.6. The standard InChI is InChI=1S/C17H19NO3/c1-20-14-7-11-10-18-6-5-17(13(11)9-15(14)21-2)4-3-12(19)8-16(17)18/h3-4,7,9,16H,5-6,8,10H2,1-2H3. The van der Waals surface area contributed by atoms with E-state index in [-0.39, 0.29) is 11.2 Å². The third-order valence-electron chi connectivity index (χ3n) is 5.29. The van der Waals surface area contributed by atoms with Gasteiger partial charge in [0.2, 0.25) is 0 Å². The Morgan fingerprint density at radius 2 is 2.00 bits per heavy atom. The fourth-order valence-electron chi connectivity index (χ4n) is 4.28. The maximum Gasteiger partial charge on any atom is 0.161 e. The molecule has 2 aliphatic heterocycles. The number of fused-ring (bicyclic) bond motifs is 1. The van der Waals surface area contributed by atoms with Crippen molar-refractivity contribution in [3.05, 3.63) is 35.4 Å². The SMILES string of the molecule is COc1cc2c(cc1OC)C13C=CC(=O)CC1N(CC3)C2. The highest BCUT2D eigenvalue weighted by Crippen LogP contribution is 2.52. The number of hydrogen-bond donors (Lipinski definition) is 0. The van der Waals surface area contributed by atoms with Gasteiger partial charge in [0.15, 0.2) is 17.3 Å². The summed E-state index contributed by atoms with van der Waals surface area (Å²) in [7, 11) is 3.34. The van der Waals surface area contributed by atoms with Crippen molar-refractivity contribution in [3.63, 3.8) is 0 Å². The summed E-state index contributed by atoms with van der Waals surface area (Å²) in [5.74, 6) is 1.80. The average molecular weight is 285 g/mol. The molecule has 1 aromatic carbocycles. The second-order valence-electron chi connectivity index (χ2n) is 6.14. The van der Waals surface area contributed by atoms with Crippen LogP contribution in [0.25, 0.3) is 0 Å². The lowest BCUT2D eigenvalue weighted by Gasteiger charge is -2.44. The van der Waals surface area contributed by atoms with Crippen molar-refractivity contribution < 1.29 is 14.3 Å². The first-order valence-corrected chi connectivity index (χ1v) is 7.39. The maximum atomic E-state index is 11.8. The third kappa shape index (κ3) is 1.62. The summed E-state index contributed by atoms with van der Waals surface area (Å²) in [5, 5.41) is 0. The lowest BCUT2D eigenvalue weighted by molar-refractivity contribution is -0.116. The molecule has 1 saturated heterocycles. The molecule has 0 radical (unpaired) electrons. The van der Waals surface area contributed by atoms with Gasteiger partial charge in [-0.25, -0.2) is 0 Å². The van der Waals surface area contributed by atoms with Gasteiger partial charge in [0.05, 0.1) is 14.2 Å². The molecule has 0 N–H and O–H groups in total. The van der Waals surface area contributed by atoms with Gasteiger partial charge in [-0.2, -0.15) is 0 Å². The summed E-state index contributed by atoms with van der Waals surface area (Å²) in [6.07, 6.45) is 5.60. The first-order chi connectivity index (χ1) is 10.2. The number of hydrogen-bond acceptors (Lipinski definition) is 4. The molecule has 4 heteroatoms. The Labute approximate surface area is 124 Å². The average Bonchev–Trinajstić information content (AvgIpc) is 2.78. The Bertz CT molecular complexity index is 652. The van der Waals surface area contributed by atoms with Crippen LogP contribution in [0.5, 0.6) is 11.5 Å². The van der Waals surface area contributed by atoms with Gasteiger partial charge in [0, 0.05) is 31.0 Å². The van der Waals surface area contributed by atoms with Crippen LogP contribution < -0.4 is 9.47 Å². The smallest absolute Gasteiger partial charge is 0.161 e. The van der Waals surface area contributed by atoms with E-state index in [1.54, 1.807) is 20.3 Å². The fraction of sp³-hybridized carbons (Fsp3) is 0.471. The van der Waals surface area contributed by atoms with Gasteiger partial charge in [-0.05, 0) is 35.8 Å². The maximum absolute atomic E-state index is 11.8. The molecular formula is C17H19NO3. The van der Waals surface area contributed by atoms with Crippen LogP contribution >= 0.6 is 0 Å². The molecule has 4 rings (SSSR count). The molecule has 0 amide bonds. The lowest BCUT2D eigenvalue weighted by atomic mass is 9.67. The Morgan fingerprint density at radius 1 is 1.24 bits per heavy atom. The van der Waals surface area contributed by atoms with E-state index in [1.165, 1.54) is 11.1 Å². The number of methoxy groups -OCH3 is 2. The summed E-state index contributed by atoms with van der Waals surface area (Å²) in [4.78, 5) is 14.3. The van der Waals surface area contributed by atoms with Crippen molar-refractivity contribution in [1.82, 2.24) is 4.90 Å². The van der Waals surface area contributed by atoms with Crippen LogP contribution in [0.1, 0.15) is 24.0 Å². The molecule has 110 valence electrons. The van der Waals surface area contributed by atoms with Crippen LogP contribution in [-0.4, -0.2) is 37.5 Å². The molecular weight excluding hydrogens is 266 g/mol. The van der Waals surface area contributed by atoms with Crippen molar-refractivity contribution in [2.24, 2.45) is 0 Å². The summed E-state index contributed by atoms with van der Waals surface area (Å²) < 4.78 is 10.9. The minimum Gasteiger partial charge on any atom is -0.493 e. The van der Waals surface area contributed by atoms with Crippen molar-refractivity contribution in [1.29, 1.82) is 0 Å². The van der Waals surface area contributed by atoms with Gasteiger partial charge in [0.25, 0.3) is 0 Å². The van der Waals surface area contributed by atoms with E-state index in [9.17, 15) is 4.79 Å². The molecule has 0 saturated carbocycles. The van der Waals surface area contributed by atoms with E-state index < -0.39 is 0 Å². The number of benzene rings is 1. The lowest BCUT2D eigenvalue weighted by Crippen LogP contribution is -2.48. The molecule has 1 aliphatic carbocycles. The Morgan fingerprint density at radius 3 is 2.76 bits per heavy atom. The summed E-state index contributed by atoms with van der Waals surface area (Å²) in [5.41, 5.74) is 2.57. The van der Waals surface area contributed by atoms with Gasteiger partial charge in [0.1, 0.15) is 0 Å². The van der Waals surface area contributed by atoms with Crippen LogP contribution in [-0.2, 0) is 16.8 Å². The quantitative estimate of drug-likeness (QED) is 0.834. The molecule has 1 fully saturated rings. The first kappa shape index (κ1) is 12.9. The van der Waals surface area contributed by atoms with Crippen LogP contribution in [0.3, 0.4) is 0 Å². The summed E-state index contributed by atoms with van der Waals surface area (Å²) >= 11 is 0. The van der Waals surface area contributed by atoms with E-state index in [0.29, 0.717) is 12.5 Å². The predicted octanol–water partition coefficient (Wildman–Crippen LogP) is 2.06. The van der Waals surface area contributed by atoms with E-state index in [2.05, 4.69) is 23.1 Å². The number of ether oxygens (including phenoxy) is 2. The molecule has 2 bridgehead atoms. The van der Waals surface area contributed by atoms with Gasteiger partial charge in [-0.1, -0.05) is 6.08 Å². The highest BCUT2D eigenvalue weighted by molar-refractivity contribution is 5.92. The van der Waals surface area contributed by atoms with E-state index in [4.69, 9.17) is 9.47 Å². The molecule has 3 unspecified atom stereocenters. The van der Waals surface area contributed by atoms with Crippen molar-refractivity contribution in [2.45, 2.75) is 30.8 Å². The molecule has 0 aromatic heterocycles. The number of nitrogens with zero attached hydrogens (tertiary/aromatic N) is 1. The number of ketones is 1. The summed E-state index contributed by atoms with van der Waals surface area (Å²) in [6, 6.07) is 4.51. The minimum absolute atomic E-state index is 0.0267. The van der Waals surface area contributed by atoms with E-state index in [1.807, 2.05) is 0 Å². The molecule has 2 heterocycles. The highest BCUT2D eigenvalue weighted by Gasteiger charge is 2.53. The largest absolute Gasteiger partial charge is 0.493 e. The molecule has 4 nitrogen and oxygen atoms in total. The molecule has 1 aromatic rings. The zero-order valence-electron chi connectivity index (χ0n) is 12.4. The molecule has 21 heavy (non-hydrogen) atoms. The minimum atomic E-state index is -0.0267. The van der Waals surface area contributed by atoms with Gasteiger partial charge in [-0.3, -0.25) is 9.69 Å². The number of allylic oxidation sites excluding steroid dienone is 1. The van der Waals surface area contributed by atoms with Crippen LogP contribution in [0.15, 0.2) is 24.3 Å². The van der Waals surface area contributed by atoms with Gasteiger partial charge >= 0.3 is 0 Å². The monoisotopic (exact) mass is 285 g/mol. The second-order valence-corrected chi connectivity index (χ2v) is 6.14. The fourth-order valence-corrected chi connectivity index (χ4v) is 4.28. The zero-order valence-corrected chi connectivity index (χ0v) is 12.4. The first-order valence-electron chi connectivity index (χ1n) is 7.39. The van der Waals surface area contributed by atoms with E-state index >= 15 is 0 Å². The Kier molecular flexibility index (Phi) is 2.67. The van der Waals surface area contributed by atoms with Crippen LogP contribution in [0.2, 0.25) is 0 Å². The predicted molar refractivity (Wildman–Crippen MR) is 78.8 cm³/mol.